The molecule has 0 rings (SSSR count). The first-order chi connectivity index (χ1) is 6.57. The topological polar surface area (TPSA) is 41.6 Å². The fourth-order valence-corrected chi connectivity index (χ4v) is 0.917. The minimum Gasteiger partial charge on any atom is -0.377 e. The normalized spacial score (nSPS) is 10.6. The highest BCUT2D eigenvalue weighted by molar-refractivity contribution is 5.77. The smallest absolute Gasteiger partial charge is 0.236 e. The Morgan fingerprint density at radius 3 is 2.64 bits per heavy atom. The van der Waals surface area contributed by atoms with E-state index in [1.54, 1.807) is 11.9 Å². The van der Waals surface area contributed by atoms with Crippen molar-refractivity contribution in [1.29, 1.82) is 0 Å². The van der Waals surface area contributed by atoms with Crippen molar-refractivity contribution in [3.8, 4) is 0 Å². The predicted molar refractivity (Wildman–Crippen MR) is 57.3 cm³/mol. The molecule has 4 nitrogen and oxygen atoms in total. The lowest BCUT2D eigenvalue weighted by atomic mass is 10.4. The Balaban J connectivity index is 3.51. The average molecular weight is 202 g/mol. The van der Waals surface area contributed by atoms with E-state index in [4.69, 9.17) is 4.74 Å². The average Bonchev–Trinajstić information content (AvgIpc) is 2.13. The van der Waals surface area contributed by atoms with Crippen LogP contribution in [0.15, 0.2) is 0 Å². The van der Waals surface area contributed by atoms with E-state index in [-0.39, 0.29) is 12.0 Å². The largest absolute Gasteiger partial charge is 0.377 e. The van der Waals surface area contributed by atoms with Gasteiger partial charge in [-0.25, -0.2) is 0 Å². The summed E-state index contributed by atoms with van der Waals surface area (Å²) in [6.45, 7) is 8.45. The minimum atomic E-state index is 0.110. The molecule has 14 heavy (non-hydrogen) atoms. The van der Waals surface area contributed by atoms with Gasteiger partial charge in [0.15, 0.2) is 0 Å². The Hall–Kier alpha value is -0.610. The maximum Gasteiger partial charge on any atom is 0.236 e. The van der Waals surface area contributed by atoms with Crippen LogP contribution in [0.3, 0.4) is 0 Å². The van der Waals surface area contributed by atoms with Gasteiger partial charge < -0.3 is 15.0 Å². The summed E-state index contributed by atoms with van der Waals surface area (Å²) in [5, 5.41) is 3.00. The number of hydrogen-bond acceptors (Lipinski definition) is 3. The third kappa shape index (κ3) is 6.86. The summed E-state index contributed by atoms with van der Waals surface area (Å²) in [6, 6.07) is 0. The zero-order valence-corrected chi connectivity index (χ0v) is 9.67. The summed E-state index contributed by atoms with van der Waals surface area (Å²) < 4.78 is 5.35. The summed E-state index contributed by atoms with van der Waals surface area (Å²) in [5.41, 5.74) is 0. The number of hydrogen-bond donors (Lipinski definition) is 1. The molecule has 1 N–H and O–H groups in total. The van der Waals surface area contributed by atoms with E-state index in [1.807, 2.05) is 20.8 Å². The van der Waals surface area contributed by atoms with Gasteiger partial charge in [0.2, 0.25) is 5.91 Å². The fraction of sp³-hybridized carbons (Fsp3) is 0.900. The number of amides is 1. The van der Waals surface area contributed by atoms with E-state index < -0.39 is 0 Å². The maximum absolute atomic E-state index is 11.4. The Bertz CT molecular complexity index is 160. The molecular formula is C10H22N2O2. The Morgan fingerprint density at radius 1 is 1.50 bits per heavy atom. The van der Waals surface area contributed by atoms with Crippen molar-refractivity contribution in [2.45, 2.75) is 26.9 Å². The predicted octanol–water partition coefficient (Wildman–Crippen LogP) is 0.479. The van der Waals surface area contributed by atoms with Gasteiger partial charge in [-0.3, -0.25) is 4.79 Å². The fourth-order valence-electron chi connectivity index (χ4n) is 0.917. The van der Waals surface area contributed by atoms with Crippen molar-refractivity contribution in [1.82, 2.24) is 10.2 Å². The van der Waals surface area contributed by atoms with Crippen molar-refractivity contribution >= 4 is 5.91 Å². The van der Waals surface area contributed by atoms with Gasteiger partial charge in [-0.1, -0.05) is 6.92 Å². The van der Waals surface area contributed by atoms with Crippen molar-refractivity contribution in [3.05, 3.63) is 0 Å². The highest BCUT2D eigenvalue weighted by atomic mass is 16.5. The first-order valence-electron chi connectivity index (χ1n) is 5.14. The highest BCUT2D eigenvalue weighted by Crippen LogP contribution is 1.89. The Labute approximate surface area is 86.6 Å². The van der Waals surface area contributed by atoms with Crippen molar-refractivity contribution < 1.29 is 9.53 Å². The molecule has 0 aromatic carbocycles. The molecule has 0 heterocycles. The van der Waals surface area contributed by atoms with E-state index >= 15 is 0 Å². The molecule has 0 saturated carbocycles. The van der Waals surface area contributed by atoms with Crippen LogP contribution in [-0.4, -0.2) is 50.2 Å². The van der Waals surface area contributed by atoms with E-state index in [0.717, 1.165) is 6.54 Å². The zero-order valence-electron chi connectivity index (χ0n) is 9.67. The van der Waals surface area contributed by atoms with Crippen LogP contribution in [0, 0.1) is 0 Å². The van der Waals surface area contributed by atoms with E-state index in [0.29, 0.717) is 19.7 Å². The van der Waals surface area contributed by atoms with Crippen LogP contribution in [0.25, 0.3) is 0 Å². The van der Waals surface area contributed by atoms with Crippen molar-refractivity contribution in [3.63, 3.8) is 0 Å². The van der Waals surface area contributed by atoms with Crippen LogP contribution >= 0.6 is 0 Å². The molecule has 0 aromatic heterocycles. The molecule has 0 saturated heterocycles. The third-order valence-corrected chi connectivity index (χ3v) is 1.83. The first-order valence-corrected chi connectivity index (χ1v) is 5.14. The molecule has 4 heteroatoms. The molecule has 0 aliphatic rings. The monoisotopic (exact) mass is 202 g/mol. The molecule has 0 atom stereocenters. The molecule has 0 aliphatic carbocycles. The van der Waals surface area contributed by atoms with Gasteiger partial charge in [-0.15, -0.1) is 0 Å². The van der Waals surface area contributed by atoms with E-state index in [9.17, 15) is 4.79 Å². The SMILES string of the molecule is CCNCC(=O)N(C)CCOC(C)C. The van der Waals surface area contributed by atoms with E-state index in [2.05, 4.69) is 5.32 Å². The lowest BCUT2D eigenvalue weighted by Gasteiger charge is -2.18. The van der Waals surface area contributed by atoms with Gasteiger partial charge in [-0.05, 0) is 20.4 Å². The van der Waals surface area contributed by atoms with Gasteiger partial charge in [0.05, 0.1) is 19.3 Å². The quantitative estimate of drug-likeness (QED) is 0.653. The molecule has 1 amide bonds. The van der Waals surface area contributed by atoms with Crippen LogP contribution in [-0.2, 0) is 9.53 Å². The second-order valence-electron chi connectivity index (χ2n) is 3.52. The van der Waals surface area contributed by atoms with Gasteiger partial charge in [0.25, 0.3) is 0 Å². The summed E-state index contributed by atoms with van der Waals surface area (Å²) in [6.07, 6.45) is 0.229. The second kappa shape index (κ2) is 7.76. The molecule has 84 valence electrons. The molecule has 0 fully saturated rings. The van der Waals surface area contributed by atoms with Crippen LogP contribution in [0.2, 0.25) is 0 Å². The van der Waals surface area contributed by atoms with Crippen molar-refractivity contribution in [2.75, 3.05) is 33.3 Å². The molecule has 0 aromatic rings. The second-order valence-corrected chi connectivity index (χ2v) is 3.52. The van der Waals surface area contributed by atoms with Gasteiger partial charge >= 0.3 is 0 Å². The molecule has 0 bridgehead atoms. The number of rotatable bonds is 7. The van der Waals surface area contributed by atoms with Crippen LogP contribution in [0.5, 0.6) is 0 Å². The first kappa shape index (κ1) is 13.4. The lowest BCUT2D eigenvalue weighted by molar-refractivity contribution is -0.129. The van der Waals surface area contributed by atoms with E-state index in [1.165, 1.54) is 0 Å². The zero-order chi connectivity index (χ0) is 11.0. The number of carbonyl (C=O) groups excluding carboxylic acids is 1. The van der Waals surface area contributed by atoms with Gasteiger partial charge in [0.1, 0.15) is 0 Å². The molecule has 0 unspecified atom stereocenters. The molecule has 0 aliphatic heterocycles. The van der Waals surface area contributed by atoms with Crippen LogP contribution in [0.4, 0.5) is 0 Å². The maximum atomic E-state index is 11.4. The minimum absolute atomic E-state index is 0.110. The number of ether oxygens (including phenoxy) is 1. The van der Waals surface area contributed by atoms with Gasteiger partial charge in [0, 0.05) is 13.6 Å². The highest BCUT2D eigenvalue weighted by Gasteiger charge is 2.07. The summed E-state index contributed by atoms with van der Waals surface area (Å²) in [5.74, 6) is 0.110. The number of carbonyl (C=O) groups is 1. The van der Waals surface area contributed by atoms with Crippen LogP contribution < -0.4 is 5.32 Å². The van der Waals surface area contributed by atoms with Crippen LogP contribution in [0.1, 0.15) is 20.8 Å². The van der Waals surface area contributed by atoms with Crippen molar-refractivity contribution in [2.24, 2.45) is 0 Å². The van der Waals surface area contributed by atoms with Gasteiger partial charge in [-0.2, -0.15) is 0 Å². The standard InChI is InChI=1S/C10H22N2O2/c1-5-11-8-10(13)12(4)6-7-14-9(2)3/h9,11H,5-8H2,1-4H3. The molecule has 0 spiro atoms. The number of likely N-dealkylation sites (N-methyl/N-ethyl adjacent to an activating group) is 2. The number of nitrogens with one attached hydrogen (secondary N) is 1. The Morgan fingerprint density at radius 2 is 2.14 bits per heavy atom. The summed E-state index contributed by atoms with van der Waals surface area (Å²) in [7, 11) is 1.80. The molecule has 0 radical (unpaired) electrons. The summed E-state index contributed by atoms with van der Waals surface area (Å²) >= 11 is 0. The molecular weight excluding hydrogens is 180 g/mol. The third-order valence-electron chi connectivity index (χ3n) is 1.83. The lowest BCUT2D eigenvalue weighted by Crippen LogP contribution is -2.37. The number of nitrogens with zero attached hydrogens (tertiary/aromatic N) is 1. The Kier molecular flexibility index (Phi) is 7.42. The summed E-state index contributed by atoms with van der Waals surface area (Å²) in [4.78, 5) is 13.1.